The van der Waals surface area contributed by atoms with Gasteiger partial charge in [-0.3, -0.25) is 0 Å². The van der Waals surface area contributed by atoms with Crippen molar-refractivity contribution in [2.24, 2.45) is 11.3 Å². The molecule has 2 fully saturated rings. The van der Waals surface area contributed by atoms with Gasteiger partial charge in [-0.2, -0.15) is 5.26 Å². The van der Waals surface area contributed by atoms with E-state index >= 15 is 0 Å². The Morgan fingerprint density at radius 1 is 1.55 bits per heavy atom. The lowest BCUT2D eigenvalue weighted by Crippen LogP contribution is -2.46. The standard InChI is InChI=1S/C17H23N3O2/c1-22-16-14(10-18)15(5-7-19-16)20-8-2-6-17(11-20,12-21)9-13-3-4-13/h5,7,13,21H,2-4,6,8-9,11-12H2,1H3. The molecule has 1 saturated heterocycles. The van der Waals surface area contributed by atoms with Crippen molar-refractivity contribution in [2.75, 3.05) is 31.7 Å². The molecule has 0 spiro atoms. The van der Waals surface area contributed by atoms with Crippen molar-refractivity contribution in [2.45, 2.75) is 32.1 Å². The van der Waals surface area contributed by atoms with E-state index in [-0.39, 0.29) is 12.0 Å². The second-order valence-electron chi connectivity index (χ2n) is 6.66. The molecular formula is C17H23N3O2. The van der Waals surface area contributed by atoms with Crippen LogP contribution >= 0.6 is 0 Å². The van der Waals surface area contributed by atoms with E-state index in [0.29, 0.717) is 11.4 Å². The molecule has 0 bridgehead atoms. The van der Waals surface area contributed by atoms with Crippen LogP contribution in [0, 0.1) is 22.7 Å². The third kappa shape index (κ3) is 2.89. The average Bonchev–Trinajstić information content (AvgIpc) is 3.37. The molecule has 2 aliphatic rings. The Bertz CT molecular complexity index is 580. The molecule has 1 saturated carbocycles. The topological polar surface area (TPSA) is 69.4 Å². The fourth-order valence-corrected chi connectivity index (χ4v) is 3.66. The molecule has 5 nitrogen and oxygen atoms in total. The minimum Gasteiger partial charge on any atom is -0.480 e. The number of piperidine rings is 1. The lowest BCUT2D eigenvalue weighted by atomic mass is 9.76. The minimum atomic E-state index is -0.0252. The summed E-state index contributed by atoms with van der Waals surface area (Å²) in [5.41, 5.74) is 1.34. The van der Waals surface area contributed by atoms with Gasteiger partial charge in [0.15, 0.2) is 0 Å². The van der Waals surface area contributed by atoms with Crippen LogP contribution in [0.1, 0.15) is 37.7 Å². The fraction of sp³-hybridized carbons (Fsp3) is 0.647. The van der Waals surface area contributed by atoms with Gasteiger partial charge in [-0.05, 0) is 31.2 Å². The maximum absolute atomic E-state index is 9.98. The summed E-state index contributed by atoms with van der Waals surface area (Å²) in [5, 5.41) is 19.4. The maximum Gasteiger partial charge on any atom is 0.233 e. The summed E-state index contributed by atoms with van der Waals surface area (Å²) in [7, 11) is 1.54. The van der Waals surface area contributed by atoms with Gasteiger partial charge in [-0.1, -0.05) is 12.8 Å². The van der Waals surface area contributed by atoms with Crippen LogP contribution < -0.4 is 9.64 Å². The first-order valence-electron chi connectivity index (χ1n) is 8.00. The average molecular weight is 301 g/mol. The normalized spacial score (nSPS) is 24.9. The van der Waals surface area contributed by atoms with E-state index in [1.54, 1.807) is 6.20 Å². The summed E-state index contributed by atoms with van der Waals surface area (Å²) in [5.74, 6) is 1.16. The first-order valence-corrected chi connectivity index (χ1v) is 8.00. The van der Waals surface area contributed by atoms with Crippen molar-refractivity contribution in [3.63, 3.8) is 0 Å². The van der Waals surface area contributed by atoms with Gasteiger partial charge in [0.05, 0.1) is 19.4 Å². The molecule has 0 aromatic carbocycles. The van der Waals surface area contributed by atoms with Crippen LogP contribution in [0.25, 0.3) is 0 Å². The van der Waals surface area contributed by atoms with Gasteiger partial charge < -0.3 is 14.7 Å². The van der Waals surface area contributed by atoms with Crippen LogP contribution in [0.4, 0.5) is 5.69 Å². The SMILES string of the molecule is COc1nccc(N2CCCC(CO)(CC3CC3)C2)c1C#N. The number of ether oxygens (including phenoxy) is 1. The van der Waals surface area contributed by atoms with Crippen LogP contribution in [0.2, 0.25) is 0 Å². The lowest BCUT2D eigenvalue weighted by molar-refractivity contribution is 0.0903. The van der Waals surface area contributed by atoms with E-state index in [1.165, 1.54) is 20.0 Å². The van der Waals surface area contributed by atoms with Gasteiger partial charge in [0.2, 0.25) is 5.88 Å². The van der Waals surface area contributed by atoms with Crippen molar-refractivity contribution in [3.8, 4) is 11.9 Å². The highest BCUT2D eigenvalue weighted by Gasteiger charge is 2.40. The van der Waals surface area contributed by atoms with Crippen LogP contribution in [0.5, 0.6) is 5.88 Å². The number of aliphatic hydroxyl groups excluding tert-OH is 1. The van der Waals surface area contributed by atoms with Crippen molar-refractivity contribution in [1.29, 1.82) is 5.26 Å². The number of nitrogens with zero attached hydrogens (tertiary/aromatic N) is 3. The Kier molecular flexibility index (Phi) is 4.21. The fourth-order valence-electron chi connectivity index (χ4n) is 3.66. The molecule has 1 N–H and O–H groups in total. The van der Waals surface area contributed by atoms with Crippen molar-refractivity contribution < 1.29 is 9.84 Å². The van der Waals surface area contributed by atoms with Crippen LogP contribution in [0.15, 0.2) is 12.3 Å². The summed E-state index contributed by atoms with van der Waals surface area (Å²) < 4.78 is 5.21. The van der Waals surface area contributed by atoms with Crippen molar-refractivity contribution in [1.82, 2.24) is 4.98 Å². The molecule has 2 heterocycles. The van der Waals surface area contributed by atoms with Gasteiger partial charge in [0.1, 0.15) is 11.6 Å². The molecule has 1 atom stereocenters. The number of aromatic nitrogens is 1. The summed E-state index contributed by atoms with van der Waals surface area (Å²) in [4.78, 5) is 6.34. The Hall–Kier alpha value is -1.80. The molecule has 1 unspecified atom stereocenters. The van der Waals surface area contributed by atoms with E-state index in [2.05, 4.69) is 16.0 Å². The largest absolute Gasteiger partial charge is 0.480 e. The molecular weight excluding hydrogens is 278 g/mol. The highest BCUT2D eigenvalue weighted by molar-refractivity contribution is 5.63. The lowest BCUT2D eigenvalue weighted by Gasteiger charge is -2.43. The van der Waals surface area contributed by atoms with E-state index in [4.69, 9.17) is 4.74 Å². The van der Waals surface area contributed by atoms with Gasteiger partial charge in [0, 0.05) is 24.7 Å². The summed E-state index contributed by atoms with van der Waals surface area (Å²) in [6.07, 6.45) is 7.50. The molecule has 5 heteroatoms. The number of aliphatic hydroxyl groups is 1. The zero-order valence-corrected chi connectivity index (χ0v) is 13.1. The van der Waals surface area contributed by atoms with Gasteiger partial charge >= 0.3 is 0 Å². The van der Waals surface area contributed by atoms with Crippen molar-refractivity contribution in [3.05, 3.63) is 17.8 Å². The number of hydrogen-bond acceptors (Lipinski definition) is 5. The molecule has 118 valence electrons. The van der Waals surface area contributed by atoms with Crippen LogP contribution in [-0.4, -0.2) is 36.9 Å². The number of hydrogen-bond donors (Lipinski definition) is 1. The molecule has 3 rings (SSSR count). The quantitative estimate of drug-likeness (QED) is 0.904. The third-order valence-corrected chi connectivity index (χ3v) is 4.96. The van der Waals surface area contributed by atoms with Gasteiger partial charge in [-0.15, -0.1) is 0 Å². The maximum atomic E-state index is 9.98. The third-order valence-electron chi connectivity index (χ3n) is 4.96. The minimum absolute atomic E-state index is 0.0252. The van der Waals surface area contributed by atoms with Crippen molar-refractivity contribution >= 4 is 5.69 Å². The Morgan fingerprint density at radius 3 is 3.00 bits per heavy atom. The zero-order valence-electron chi connectivity index (χ0n) is 13.1. The number of rotatable bonds is 5. The second-order valence-corrected chi connectivity index (χ2v) is 6.66. The van der Waals surface area contributed by atoms with E-state index in [0.717, 1.165) is 44.0 Å². The summed E-state index contributed by atoms with van der Waals surface area (Å²) in [6, 6.07) is 4.10. The Balaban J connectivity index is 1.87. The number of anilines is 1. The monoisotopic (exact) mass is 301 g/mol. The number of methoxy groups -OCH3 is 1. The van der Waals surface area contributed by atoms with Gasteiger partial charge in [0.25, 0.3) is 0 Å². The van der Waals surface area contributed by atoms with E-state index < -0.39 is 0 Å². The van der Waals surface area contributed by atoms with E-state index in [9.17, 15) is 10.4 Å². The summed E-state index contributed by atoms with van der Waals surface area (Å²) >= 11 is 0. The first kappa shape index (κ1) is 15.1. The molecule has 0 radical (unpaired) electrons. The second kappa shape index (κ2) is 6.13. The Labute approximate surface area is 131 Å². The first-order chi connectivity index (χ1) is 10.7. The van der Waals surface area contributed by atoms with Gasteiger partial charge in [-0.25, -0.2) is 4.98 Å². The van der Waals surface area contributed by atoms with Crippen LogP contribution in [0.3, 0.4) is 0 Å². The van der Waals surface area contributed by atoms with Crippen LogP contribution in [-0.2, 0) is 0 Å². The van der Waals surface area contributed by atoms with E-state index in [1.807, 2.05) is 6.07 Å². The number of pyridine rings is 1. The smallest absolute Gasteiger partial charge is 0.233 e. The highest BCUT2D eigenvalue weighted by Crippen LogP contribution is 2.45. The predicted octanol–water partition coefficient (Wildman–Crippen LogP) is 2.34. The molecule has 1 aliphatic heterocycles. The molecule has 1 aliphatic carbocycles. The molecule has 1 aromatic heterocycles. The zero-order chi connectivity index (χ0) is 15.6. The summed E-state index contributed by atoms with van der Waals surface area (Å²) in [6.45, 7) is 1.94. The molecule has 22 heavy (non-hydrogen) atoms. The molecule has 1 aromatic rings. The Morgan fingerprint density at radius 2 is 2.36 bits per heavy atom. The highest BCUT2D eigenvalue weighted by atomic mass is 16.5. The molecule has 0 amide bonds. The number of nitriles is 1. The predicted molar refractivity (Wildman–Crippen MR) is 83.8 cm³/mol.